The van der Waals surface area contributed by atoms with Gasteiger partial charge in [-0.3, -0.25) is 4.57 Å². The Morgan fingerprint density at radius 3 is 2.39 bits per heavy atom. The SMILES string of the molecule is COc1ccc(-c2nnc(SCCOc3ccccc3F)n2-c2ccc(C)cc2)cc1. The minimum absolute atomic E-state index is 0.252. The van der Waals surface area contributed by atoms with E-state index in [-0.39, 0.29) is 11.6 Å². The number of aromatic nitrogens is 3. The third-order valence-electron chi connectivity index (χ3n) is 4.68. The first-order valence-corrected chi connectivity index (χ1v) is 10.8. The molecule has 0 atom stereocenters. The van der Waals surface area contributed by atoms with Gasteiger partial charge in [0, 0.05) is 17.0 Å². The zero-order valence-electron chi connectivity index (χ0n) is 17.3. The highest BCUT2D eigenvalue weighted by Gasteiger charge is 2.16. The summed E-state index contributed by atoms with van der Waals surface area (Å²) in [5, 5.41) is 9.60. The number of benzene rings is 3. The van der Waals surface area contributed by atoms with E-state index in [2.05, 4.69) is 29.3 Å². The zero-order chi connectivity index (χ0) is 21.6. The third kappa shape index (κ3) is 4.88. The summed E-state index contributed by atoms with van der Waals surface area (Å²) in [6.45, 7) is 2.40. The number of hydrogen-bond acceptors (Lipinski definition) is 5. The van der Waals surface area contributed by atoms with E-state index in [9.17, 15) is 4.39 Å². The van der Waals surface area contributed by atoms with Crippen LogP contribution < -0.4 is 9.47 Å². The van der Waals surface area contributed by atoms with Crippen molar-refractivity contribution in [2.24, 2.45) is 0 Å². The van der Waals surface area contributed by atoms with Crippen molar-refractivity contribution in [3.63, 3.8) is 0 Å². The molecular formula is C24H22FN3O2S. The van der Waals surface area contributed by atoms with Crippen LogP contribution in [0.4, 0.5) is 4.39 Å². The molecule has 0 spiro atoms. The number of hydrogen-bond donors (Lipinski definition) is 0. The number of nitrogens with zero attached hydrogens (tertiary/aromatic N) is 3. The van der Waals surface area contributed by atoms with Crippen molar-refractivity contribution in [2.45, 2.75) is 12.1 Å². The van der Waals surface area contributed by atoms with E-state index in [4.69, 9.17) is 9.47 Å². The van der Waals surface area contributed by atoms with Crippen LogP contribution in [0, 0.1) is 12.7 Å². The van der Waals surface area contributed by atoms with Crippen molar-refractivity contribution < 1.29 is 13.9 Å². The highest BCUT2D eigenvalue weighted by molar-refractivity contribution is 7.99. The lowest BCUT2D eigenvalue weighted by Gasteiger charge is -2.11. The maximum Gasteiger partial charge on any atom is 0.196 e. The van der Waals surface area contributed by atoms with Crippen LogP contribution in [0.5, 0.6) is 11.5 Å². The molecular weight excluding hydrogens is 413 g/mol. The number of thioether (sulfide) groups is 1. The Kier molecular flexibility index (Phi) is 6.52. The highest BCUT2D eigenvalue weighted by atomic mass is 32.2. The number of rotatable bonds is 8. The summed E-state index contributed by atoms with van der Waals surface area (Å²) < 4.78 is 26.6. The third-order valence-corrected chi connectivity index (χ3v) is 5.58. The molecule has 4 aromatic rings. The number of halogens is 1. The van der Waals surface area contributed by atoms with E-state index >= 15 is 0 Å². The topological polar surface area (TPSA) is 49.2 Å². The first kappa shape index (κ1) is 20.9. The first-order chi connectivity index (χ1) is 15.2. The van der Waals surface area contributed by atoms with E-state index < -0.39 is 0 Å². The molecule has 0 N–H and O–H groups in total. The van der Waals surface area contributed by atoms with Crippen LogP contribution in [-0.4, -0.2) is 34.2 Å². The summed E-state index contributed by atoms with van der Waals surface area (Å²) in [6, 6.07) is 22.3. The van der Waals surface area contributed by atoms with E-state index in [1.165, 1.54) is 23.4 Å². The van der Waals surface area contributed by atoms with Gasteiger partial charge in [-0.15, -0.1) is 10.2 Å². The van der Waals surface area contributed by atoms with Crippen LogP contribution in [0.2, 0.25) is 0 Å². The van der Waals surface area contributed by atoms with E-state index in [0.717, 1.165) is 28.0 Å². The summed E-state index contributed by atoms with van der Waals surface area (Å²) in [5.41, 5.74) is 3.08. The Labute approximate surface area is 184 Å². The first-order valence-electron chi connectivity index (χ1n) is 9.83. The molecule has 0 amide bonds. The standard InChI is InChI=1S/C24H22FN3O2S/c1-17-7-11-19(12-8-17)28-23(18-9-13-20(29-2)14-10-18)26-27-24(28)31-16-15-30-22-6-4-3-5-21(22)25/h3-14H,15-16H2,1-2H3. The molecule has 5 nitrogen and oxygen atoms in total. The quantitative estimate of drug-likeness (QED) is 0.268. The molecule has 0 saturated carbocycles. The summed E-state index contributed by atoms with van der Waals surface area (Å²) >= 11 is 1.51. The Morgan fingerprint density at radius 2 is 1.68 bits per heavy atom. The second kappa shape index (κ2) is 9.66. The van der Waals surface area contributed by atoms with Crippen molar-refractivity contribution in [3.8, 4) is 28.6 Å². The molecule has 0 radical (unpaired) electrons. The van der Waals surface area contributed by atoms with Crippen LogP contribution >= 0.6 is 11.8 Å². The average molecular weight is 436 g/mol. The van der Waals surface area contributed by atoms with Gasteiger partial charge in [-0.05, 0) is 55.5 Å². The largest absolute Gasteiger partial charge is 0.497 e. The molecule has 0 aliphatic carbocycles. The molecule has 0 aliphatic rings. The summed E-state index contributed by atoms with van der Waals surface area (Å²) in [7, 11) is 1.64. The minimum atomic E-state index is -0.364. The van der Waals surface area contributed by atoms with E-state index in [0.29, 0.717) is 12.4 Å². The summed E-state index contributed by atoms with van der Waals surface area (Å²) in [4.78, 5) is 0. The van der Waals surface area contributed by atoms with Crippen molar-refractivity contribution in [1.29, 1.82) is 0 Å². The van der Waals surface area contributed by atoms with Crippen molar-refractivity contribution >= 4 is 11.8 Å². The van der Waals surface area contributed by atoms with Gasteiger partial charge in [-0.2, -0.15) is 0 Å². The predicted octanol–water partition coefficient (Wildman–Crippen LogP) is 5.56. The van der Waals surface area contributed by atoms with Gasteiger partial charge >= 0.3 is 0 Å². The number of aryl methyl sites for hydroxylation is 1. The van der Waals surface area contributed by atoms with E-state index in [1.807, 2.05) is 41.0 Å². The Bertz CT molecular complexity index is 1140. The molecule has 0 fully saturated rings. The lowest BCUT2D eigenvalue weighted by atomic mass is 10.2. The summed E-state index contributed by atoms with van der Waals surface area (Å²) in [5.74, 6) is 2.01. The molecule has 1 aromatic heterocycles. The fraction of sp³-hybridized carbons (Fsp3) is 0.167. The maximum atomic E-state index is 13.7. The van der Waals surface area contributed by atoms with Crippen molar-refractivity contribution in [3.05, 3.63) is 84.2 Å². The molecule has 0 bridgehead atoms. The van der Waals surface area contributed by atoms with Crippen LogP contribution in [0.3, 0.4) is 0 Å². The second-order valence-corrected chi connectivity index (χ2v) is 7.90. The Morgan fingerprint density at radius 1 is 0.935 bits per heavy atom. The van der Waals surface area contributed by atoms with Gasteiger partial charge in [0.15, 0.2) is 22.5 Å². The molecule has 0 unspecified atom stereocenters. The zero-order valence-corrected chi connectivity index (χ0v) is 18.1. The van der Waals surface area contributed by atoms with Crippen molar-refractivity contribution in [1.82, 2.24) is 14.8 Å². The fourth-order valence-corrected chi connectivity index (χ4v) is 3.83. The molecule has 0 aliphatic heterocycles. The van der Waals surface area contributed by atoms with Gasteiger partial charge in [0.1, 0.15) is 5.75 Å². The minimum Gasteiger partial charge on any atom is -0.497 e. The van der Waals surface area contributed by atoms with Gasteiger partial charge in [0.05, 0.1) is 13.7 Å². The van der Waals surface area contributed by atoms with Gasteiger partial charge in [0.25, 0.3) is 0 Å². The smallest absolute Gasteiger partial charge is 0.196 e. The van der Waals surface area contributed by atoms with Crippen LogP contribution in [0.1, 0.15) is 5.56 Å². The molecule has 0 saturated heterocycles. The normalized spacial score (nSPS) is 10.8. The van der Waals surface area contributed by atoms with E-state index in [1.54, 1.807) is 25.3 Å². The molecule has 7 heteroatoms. The van der Waals surface area contributed by atoms with Crippen LogP contribution in [-0.2, 0) is 0 Å². The summed E-state index contributed by atoms with van der Waals surface area (Å²) in [6.07, 6.45) is 0. The van der Waals surface area contributed by atoms with Crippen molar-refractivity contribution in [2.75, 3.05) is 19.5 Å². The van der Waals surface area contributed by atoms with Crippen LogP contribution in [0.15, 0.2) is 78.0 Å². The highest BCUT2D eigenvalue weighted by Crippen LogP contribution is 2.29. The Hall–Kier alpha value is -3.32. The van der Waals surface area contributed by atoms with Crippen LogP contribution in [0.25, 0.3) is 17.1 Å². The lowest BCUT2D eigenvalue weighted by molar-refractivity contribution is 0.325. The predicted molar refractivity (Wildman–Crippen MR) is 121 cm³/mol. The molecule has 4 rings (SSSR count). The number of para-hydroxylation sites is 1. The molecule has 31 heavy (non-hydrogen) atoms. The van der Waals surface area contributed by atoms with Gasteiger partial charge in [-0.1, -0.05) is 41.6 Å². The molecule has 1 heterocycles. The lowest BCUT2D eigenvalue weighted by Crippen LogP contribution is -2.04. The average Bonchev–Trinajstić information content (AvgIpc) is 3.22. The Balaban J connectivity index is 1.57. The van der Waals surface area contributed by atoms with Gasteiger partial charge in [-0.25, -0.2) is 4.39 Å². The molecule has 3 aromatic carbocycles. The number of methoxy groups -OCH3 is 1. The second-order valence-electron chi connectivity index (χ2n) is 6.83. The maximum absolute atomic E-state index is 13.7. The fourth-order valence-electron chi connectivity index (χ4n) is 3.06. The monoisotopic (exact) mass is 435 g/mol. The van der Waals surface area contributed by atoms with Gasteiger partial charge < -0.3 is 9.47 Å². The molecule has 158 valence electrons. The van der Waals surface area contributed by atoms with Gasteiger partial charge in [0.2, 0.25) is 0 Å². The number of ether oxygens (including phenoxy) is 2.